The van der Waals surface area contributed by atoms with Gasteiger partial charge in [-0.05, 0) is 12.8 Å². The van der Waals surface area contributed by atoms with E-state index >= 15 is 0 Å². The molecular weight excluding hydrogens is 692 g/mol. The van der Waals surface area contributed by atoms with Crippen LogP contribution < -0.4 is 0 Å². The van der Waals surface area contributed by atoms with Crippen LogP contribution in [0.15, 0.2) is 0 Å². The summed E-state index contributed by atoms with van der Waals surface area (Å²) < 4.78 is 21.7. The van der Waals surface area contributed by atoms with Crippen molar-refractivity contribution in [1.29, 1.82) is 0 Å². The van der Waals surface area contributed by atoms with E-state index < -0.39 is 54.7 Å². The van der Waals surface area contributed by atoms with E-state index in [1.165, 1.54) is 128 Å². The summed E-state index contributed by atoms with van der Waals surface area (Å²) >= 11 is 0. The van der Waals surface area contributed by atoms with Gasteiger partial charge in [-0.2, -0.15) is 0 Å². The molecule has 1 rings (SSSR count). The van der Waals surface area contributed by atoms with E-state index in [4.69, 9.17) is 18.9 Å². The maximum Gasteiger partial charge on any atom is 0.335 e. The van der Waals surface area contributed by atoms with Gasteiger partial charge >= 0.3 is 17.9 Å². The average Bonchev–Trinajstić information content (AvgIpc) is 3.15. The number of ether oxygens (including phenoxy) is 4. The SMILES string of the molecule is CCCCCCCCCCCCCCCCCC(=O)OC[C@H](CO[C@H]1O[C@H](C(=O)O)[C@@H](O)[C@H](O)[C@H]1O)OC(=O)CCCCCCCCCCCCCCC. The zero-order chi connectivity index (χ0) is 39.7. The summed E-state index contributed by atoms with van der Waals surface area (Å²) in [5, 5.41) is 39.7. The second-order valence-corrected chi connectivity index (χ2v) is 15.6. The molecule has 318 valence electrons. The number of carbonyl (C=O) groups is 3. The lowest BCUT2D eigenvalue weighted by atomic mass is 9.99. The van der Waals surface area contributed by atoms with E-state index in [1.807, 2.05) is 0 Å². The van der Waals surface area contributed by atoms with Crippen LogP contribution in [0.1, 0.15) is 206 Å². The zero-order valence-electron chi connectivity index (χ0n) is 34.2. The Morgan fingerprint density at radius 3 is 1.26 bits per heavy atom. The lowest BCUT2D eigenvalue weighted by Crippen LogP contribution is -2.60. The molecular formula is C43H80O11. The van der Waals surface area contributed by atoms with E-state index in [2.05, 4.69) is 13.8 Å². The molecule has 1 heterocycles. The average molecular weight is 773 g/mol. The van der Waals surface area contributed by atoms with Crippen LogP contribution in [0.4, 0.5) is 0 Å². The van der Waals surface area contributed by atoms with Gasteiger partial charge in [0, 0.05) is 12.8 Å². The maximum atomic E-state index is 12.7. The highest BCUT2D eigenvalue weighted by atomic mass is 16.7. The normalized spacial score (nSPS) is 20.5. The van der Waals surface area contributed by atoms with Gasteiger partial charge in [0.25, 0.3) is 0 Å². The van der Waals surface area contributed by atoms with Crippen LogP contribution >= 0.6 is 0 Å². The summed E-state index contributed by atoms with van der Waals surface area (Å²) in [6.45, 7) is 3.82. The summed E-state index contributed by atoms with van der Waals surface area (Å²) in [5.41, 5.74) is 0. The molecule has 4 N–H and O–H groups in total. The number of carboxylic acid groups (broad SMARTS) is 1. The van der Waals surface area contributed by atoms with Gasteiger partial charge in [0.2, 0.25) is 0 Å². The number of rotatable bonds is 37. The van der Waals surface area contributed by atoms with Gasteiger partial charge in [0.15, 0.2) is 18.5 Å². The molecule has 54 heavy (non-hydrogen) atoms. The summed E-state index contributed by atoms with van der Waals surface area (Å²) in [4.78, 5) is 36.7. The quantitative estimate of drug-likeness (QED) is 0.0351. The molecule has 0 saturated carbocycles. The Labute approximate surface area is 327 Å². The first kappa shape index (κ1) is 50.2. The van der Waals surface area contributed by atoms with E-state index in [0.29, 0.717) is 12.8 Å². The molecule has 11 nitrogen and oxygen atoms in total. The summed E-state index contributed by atoms with van der Waals surface area (Å²) in [7, 11) is 0. The van der Waals surface area contributed by atoms with Gasteiger partial charge < -0.3 is 39.4 Å². The number of carbonyl (C=O) groups excluding carboxylic acids is 2. The number of esters is 2. The maximum absolute atomic E-state index is 12.7. The van der Waals surface area contributed by atoms with Gasteiger partial charge in [-0.3, -0.25) is 9.59 Å². The molecule has 0 spiro atoms. The molecule has 0 unspecified atom stereocenters. The van der Waals surface area contributed by atoms with E-state index in [0.717, 1.165) is 38.5 Å². The third-order valence-corrected chi connectivity index (χ3v) is 10.5. The zero-order valence-corrected chi connectivity index (χ0v) is 34.2. The fourth-order valence-corrected chi connectivity index (χ4v) is 6.94. The van der Waals surface area contributed by atoms with Crippen LogP contribution in [0.5, 0.6) is 0 Å². The third kappa shape index (κ3) is 26.1. The van der Waals surface area contributed by atoms with Gasteiger partial charge in [-0.15, -0.1) is 0 Å². The Balaban J connectivity index is 2.36. The highest BCUT2D eigenvalue weighted by Gasteiger charge is 2.47. The fourth-order valence-electron chi connectivity index (χ4n) is 6.94. The van der Waals surface area contributed by atoms with Gasteiger partial charge in [-0.1, -0.05) is 181 Å². The topological polar surface area (TPSA) is 169 Å². The molecule has 0 aromatic rings. The Hall–Kier alpha value is -1.79. The second kappa shape index (κ2) is 34.5. The summed E-state index contributed by atoms with van der Waals surface area (Å²) in [5.74, 6) is -2.43. The van der Waals surface area contributed by atoms with Crippen LogP contribution in [0, 0.1) is 0 Å². The molecule has 1 aliphatic rings. The van der Waals surface area contributed by atoms with E-state index in [1.54, 1.807) is 0 Å². The molecule has 0 aromatic carbocycles. The van der Waals surface area contributed by atoms with Crippen LogP contribution in [-0.2, 0) is 33.3 Å². The molecule has 1 saturated heterocycles. The van der Waals surface area contributed by atoms with Crippen LogP contribution in [0.3, 0.4) is 0 Å². The van der Waals surface area contributed by atoms with Crippen molar-refractivity contribution in [3.8, 4) is 0 Å². The number of unbranched alkanes of at least 4 members (excludes halogenated alkanes) is 26. The number of carboxylic acids is 1. The Morgan fingerprint density at radius 2 is 0.870 bits per heavy atom. The van der Waals surface area contributed by atoms with E-state index in [-0.39, 0.29) is 26.1 Å². The van der Waals surface area contributed by atoms with Crippen molar-refractivity contribution in [2.45, 2.75) is 243 Å². The van der Waals surface area contributed by atoms with Crippen molar-refractivity contribution in [1.82, 2.24) is 0 Å². The molecule has 0 aliphatic carbocycles. The smallest absolute Gasteiger partial charge is 0.335 e. The highest BCUT2D eigenvalue weighted by Crippen LogP contribution is 2.23. The Kier molecular flexibility index (Phi) is 32.1. The largest absolute Gasteiger partial charge is 0.479 e. The molecule has 0 radical (unpaired) electrons. The molecule has 6 atom stereocenters. The van der Waals surface area contributed by atoms with Crippen LogP contribution in [-0.4, -0.2) is 88.4 Å². The van der Waals surface area contributed by atoms with Crippen molar-refractivity contribution in [3.05, 3.63) is 0 Å². The first-order chi connectivity index (χ1) is 26.2. The van der Waals surface area contributed by atoms with Crippen LogP contribution in [0.25, 0.3) is 0 Å². The van der Waals surface area contributed by atoms with Gasteiger partial charge in [-0.25, -0.2) is 4.79 Å². The van der Waals surface area contributed by atoms with Crippen molar-refractivity contribution >= 4 is 17.9 Å². The Bertz CT molecular complexity index is 916. The fraction of sp³-hybridized carbons (Fsp3) is 0.930. The van der Waals surface area contributed by atoms with Crippen LogP contribution in [0.2, 0.25) is 0 Å². The molecule has 0 aromatic heterocycles. The summed E-state index contributed by atoms with van der Waals surface area (Å²) in [6.07, 6.45) is 24.4. The monoisotopic (exact) mass is 773 g/mol. The van der Waals surface area contributed by atoms with Crippen molar-refractivity contribution < 1.29 is 53.8 Å². The standard InChI is InChI=1S/C43H80O11/c1-3-5-7-9-11-13-15-17-18-20-21-23-25-27-29-31-36(44)51-33-35(34-52-43-40(48)38(46)39(47)41(54-43)42(49)50)53-37(45)32-30-28-26-24-22-19-16-14-12-10-8-6-4-2/h35,38-41,43,46-48H,3-34H2,1-2H3,(H,49,50)/t35-,38+,39+,40-,41+,43+/m1/s1. The number of aliphatic hydroxyl groups excluding tert-OH is 3. The highest BCUT2D eigenvalue weighted by molar-refractivity contribution is 5.73. The third-order valence-electron chi connectivity index (χ3n) is 10.5. The van der Waals surface area contributed by atoms with Gasteiger partial charge in [0.1, 0.15) is 24.9 Å². The number of aliphatic carboxylic acids is 1. The van der Waals surface area contributed by atoms with E-state index in [9.17, 15) is 34.8 Å². The Morgan fingerprint density at radius 1 is 0.500 bits per heavy atom. The number of hydrogen-bond acceptors (Lipinski definition) is 10. The molecule has 0 bridgehead atoms. The lowest BCUT2D eigenvalue weighted by molar-refractivity contribution is -0.298. The van der Waals surface area contributed by atoms with Crippen molar-refractivity contribution in [2.24, 2.45) is 0 Å². The predicted octanol–water partition coefficient (Wildman–Crippen LogP) is 9.09. The summed E-state index contributed by atoms with van der Waals surface area (Å²) in [6, 6.07) is 0. The predicted molar refractivity (Wildman–Crippen MR) is 211 cm³/mol. The van der Waals surface area contributed by atoms with Crippen molar-refractivity contribution in [2.75, 3.05) is 13.2 Å². The minimum atomic E-state index is -1.85. The minimum Gasteiger partial charge on any atom is -0.479 e. The lowest BCUT2D eigenvalue weighted by Gasteiger charge is -2.38. The van der Waals surface area contributed by atoms with Gasteiger partial charge in [0.05, 0.1) is 6.61 Å². The number of hydrogen-bond donors (Lipinski definition) is 4. The minimum absolute atomic E-state index is 0.190. The second-order valence-electron chi connectivity index (χ2n) is 15.6. The first-order valence-corrected chi connectivity index (χ1v) is 22.1. The first-order valence-electron chi connectivity index (χ1n) is 22.1. The number of aliphatic hydroxyl groups is 3. The molecule has 0 amide bonds. The molecule has 1 fully saturated rings. The van der Waals surface area contributed by atoms with Crippen molar-refractivity contribution in [3.63, 3.8) is 0 Å². The molecule has 11 heteroatoms. The molecule has 1 aliphatic heterocycles.